The maximum absolute atomic E-state index is 13.2. The average molecular weight is 264 g/mol. The van der Waals surface area contributed by atoms with E-state index in [4.69, 9.17) is 5.73 Å². The highest BCUT2D eigenvalue weighted by Gasteiger charge is 2.17. The first-order valence-corrected chi connectivity index (χ1v) is 6.68. The molecule has 0 amide bonds. The summed E-state index contributed by atoms with van der Waals surface area (Å²) in [6.45, 7) is 5.96. The Hall–Kier alpha value is -1.26. The topological polar surface area (TPSA) is 38.9 Å². The summed E-state index contributed by atoms with van der Waals surface area (Å²) in [7, 11) is 0. The standard InChI is InChI=1S/C14H17FN2S/c1-9-12(8-14(2,3)16)18-13(17-9)10-5-4-6-11(15)7-10/h4-7H,8,16H2,1-3H3. The van der Waals surface area contributed by atoms with E-state index in [1.54, 1.807) is 17.4 Å². The fourth-order valence-electron chi connectivity index (χ4n) is 1.75. The Balaban J connectivity index is 2.34. The van der Waals surface area contributed by atoms with E-state index in [2.05, 4.69) is 4.98 Å². The van der Waals surface area contributed by atoms with Crippen molar-refractivity contribution in [2.24, 2.45) is 5.73 Å². The highest BCUT2D eigenvalue weighted by Crippen LogP contribution is 2.30. The molecule has 2 rings (SSSR count). The zero-order valence-electron chi connectivity index (χ0n) is 10.8. The first kappa shape index (κ1) is 13.2. The van der Waals surface area contributed by atoms with Crippen molar-refractivity contribution in [3.8, 4) is 10.6 Å². The Morgan fingerprint density at radius 2 is 2.11 bits per heavy atom. The van der Waals surface area contributed by atoms with Crippen molar-refractivity contribution in [1.29, 1.82) is 0 Å². The minimum absolute atomic E-state index is 0.235. The van der Waals surface area contributed by atoms with Gasteiger partial charge in [0, 0.05) is 22.4 Å². The molecule has 0 spiro atoms. The molecule has 96 valence electrons. The lowest BCUT2D eigenvalue weighted by molar-refractivity contribution is 0.519. The van der Waals surface area contributed by atoms with Gasteiger partial charge in [-0.05, 0) is 32.9 Å². The Morgan fingerprint density at radius 1 is 1.39 bits per heavy atom. The summed E-state index contributed by atoms with van der Waals surface area (Å²) in [5.41, 5.74) is 7.58. The van der Waals surface area contributed by atoms with Crippen molar-refractivity contribution in [1.82, 2.24) is 4.98 Å². The Bertz CT molecular complexity index is 555. The molecule has 2 aromatic rings. The average Bonchev–Trinajstić information content (AvgIpc) is 2.58. The van der Waals surface area contributed by atoms with Crippen LogP contribution in [0.2, 0.25) is 0 Å². The molecule has 0 radical (unpaired) electrons. The summed E-state index contributed by atoms with van der Waals surface area (Å²) in [4.78, 5) is 5.67. The molecule has 0 saturated heterocycles. The predicted molar refractivity (Wildman–Crippen MR) is 74.2 cm³/mol. The molecule has 0 unspecified atom stereocenters. The van der Waals surface area contributed by atoms with Gasteiger partial charge in [0.1, 0.15) is 10.8 Å². The van der Waals surface area contributed by atoms with Crippen LogP contribution in [0.25, 0.3) is 10.6 Å². The Morgan fingerprint density at radius 3 is 2.72 bits per heavy atom. The van der Waals surface area contributed by atoms with Gasteiger partial charge < -0.3 is 5.73 Å². The third kappa shape index (κ3) is 3.15. The molecule has 1 heterocycles. The molecule has 0 saturated carbocycles. The molecule has 0 aliphatic rings. The van der Waals surface area contributed by atoms with Gasteiger partial charge in [-0.15, -0.1) is 11.3 Å². The zero-order valence-corrected chi connectivity index (χ0v) is 11.6. The molecule has 4 heteroatoms. The van der Waals surface area contributed by atoms with Crippen LogP contribution in [0.1, 0.15) is 24.4 Å². The Labute approximate surface area is 111 Å². The first-order valence-electron chi connectivity index (χ1n) is 5.86. The van der Waals surface area contributed by atoms with Gasteiger partial charge in [-0.25, -0.2) is 9.37 Å². The summed E-state index contributed by atoms with van der Waals surface area (Å²) in [5.74, 6) is -0.235. The van der Waals surface area contributed by atoms with Gasteiger partial charge in [0.05, 0.1) is 5.69 Å². The third-order valence-corrected chi connectivity index (χ3v) is 3.79. The number of hydrogen-bond donors (Lipinski definition) is 1. The molecular weight excluding hydrogens is 247 g/mol. The van der Waals surface area contributed by atoms with Crippen LogP contribution < -0.4 is 5.73 Å². The van der Waals surface area contributed by atoms with Crippen molar-refractivity contribution in [3.05, 3.63) is 40.7 Å². The lowest BCUT2D eigenvalue weighted by Gasteiger charge is -2.16. The molecule has 1 aromatic carbocycles. The van der Waals surface area contributed by atoms with E-state index in [0.717, 1.165) is 22.7 Å². The molecule has 0 aliphatic heterocycles. The molecule has 0 aliphatic carbocycles. The van der Waals surface area contributed by atoms with Crippen molar-refractivity contribution in [2.75, 3.05) is 0 Å². The van der Waals surface area contributed by atoms with Crippen molar-refractivity contribution in [3.63, 3.8) is 0 Å². The molecule has 0 bridgehead atoms. The summed E-state index contributed by atoms with van der Waals surface area (Å²) in [6, 6.07) is 6.52. The van der Waals surface area contributed by atoms with Crippen LogP contribution in [-0.2, 0) is 6.42 Å². The van der Waals surface area contributed by atoms with Crippen LogP contribution in [-0.4, -0.2) is 10.5 Å². The van der Waals surface area contributed by atoms with Crippen LogP contribution in [0.4, 0.5) is 4.39 Å². The van der Waals surface area contributed by atoms with Crippen molar-refractivity contribution >= 4 is 11.3 Å². The molecule has 0 atom stereocenters. The van der Waals surface area contributed by atoms with E-state index < -0.39 is 0 Å². The molecule has 2 nitrogen and oxygen atoms in total. The largest absolute Gasteiger partial charge is 0.325 e. The minimum atomic E-state index is -0.253. The van der Waals surface area contributed by atoms with E-state index in [1.165, 1.54) is 17.0 Å². The predicted octanol–water partition coefficient (Wildman–Crippen LogP) is 3.54. The summed E-state index contributed by atoms with van der Waals surface area (Å²) < 4.78 is 13.2. The summed E-state index contributed by atoms with van der Waals surface area (Å²) >= 11 is 1.59. The number of nitrogens with zero attached hydrogens (tertiary/aromatic N) is 1. The van der Waals surface area contributed by atoms with Crippen molar-refractivity contribution < 1.29 is 4.39 Å². The second-order valence-electron chi connectivity index (χ2n) is 5.20. The van der Waals surface area contributed by atoms with Gasteiger partial charge in [-0.3, -0.25) is 0 Å². The van der Waals surface area contributed by atoms with Gasteiger partial charge in [0.15, 0.2) is 0 Å². The molecule has 1 aromatic heterocycles. The van der Waals surface area contributed by atoms with E-state index in [0.29, 0.717) is 0 Å². The van der Waals surface area contributed by atoms with Crippen LogP contribution >= 0.6 is 11.3 Å². The quantitative estimate of drug-likeness (QED) is 0.921. The fourth-order valence-corrected chi connectivity index (χ4v) is 3.05. The highest BCUT2D eigenvalue weighted by atomic mass is 32.1. The maximum atomic E-state index is 13.2. The smallest absolute Gasteiger partial charge is 0.123 e. The van der Waals surface area contributed by atoms with E-state index in [-0.39, 0.29) is 11.4 Å². The normalized spacial score (nSPS) is 11.8. The number of aromatic nitrogens is 1. The molecule has 0 fully saturated rings. The minimum Gasteiger partial charge on any atom is -0.325 e. The number of halogens is 1. The Kier molecular flexibility index (Phi) is 3.50. The monoisotopic (exact) mass is 264 g/mol. The van der Waals surface area contributed by atoms with Gasteiger partial charge in [-0.2, -0.15) is 0 Å². The molecule has 2 N–H and O–H groups in total. The first-order chi connectivity index (χ1) is 8.35. The third-order valence-electron chi connectivity index (χ3n) is 2.58. The number of rotatable bonds is 3. The van der Waals surface area contributed by atoms with E-state index in [9.17, 15) is 4.39 Å². The summed E-state index contributed by atoms with van der Waals surface area (Å²) in [5, 5.41) is 0.853. The van der Waals surface area contributed by atoms with Gasteiger partial charge >= 0.3 is 0 Å². The molecular formula is C14H17FN2S. The second-order valence-corrected chi connectivity index (χ2v) is 6.29. The number of aryl methyl sites for hydroxylation is 1. The van der Waals surface area contributed by atoms with Crippen molar-refractivity contribution in [2.45, 2.75) is 32.7 Å². The van der Waals surface area contributed by atoms with Gasteiger partial charge in [0.2, 0.25) is 0 Å². The van der Waals surface area contributed by atoms with Crippen LogP contribution in [0.15, 0.2) is 24.3 Å². The second kappa shape index (κ2) is 4.78. The van der Waals surface area contributed by atoms with Crippen LogP contribution in [0.5, 0.6) is 0 Å². The number of hydrogen-bond acceptors (Lipinski definition) is 3. The highest BCUT2D eigenvalue weighted by molar-refractivity contribution is 7.15. The SMILES string of the molecule is Cc1nc(-c2cccc(F)c2)sc1CC(C)(C)N. The number of thiazole rings is 1. The summed E-state index contributed by atoms with van der Waals surface area (Å²) in [6.07, 6.45) is 0.784. The van der Waals surface area contributed by atoms with Crippen LogP contribution in [0.3, 0.4) is 0 Å². The number of nitrogens with two attached hydrogens (primary N) is 1. The lowest BCUT2D eigenvalue weighted by atomic mass is 10.0. The fraction of sp³-hybridized carbons (Fsp3) is 0.357. The molecule has 18 heavy (non-hydrogen) atoms. The lowest BCUT2D eigenvalue weighted by Crippen LogP contribution is -2.34. The van der Waals surface area contributed by atoms with E-state index >= 15 is 0 Å². The maximum Gasteiger partial charge on any atom is 0.123 e. The van der Waals surface area contributed by atoms with Gasteiger partial charge in [-0.1, -0.05) is 12.1 Å². The number of benzene rings is 1. The zero-order chi connectivity index (χ0) is 13.3. The van der Waals surface area contributed by atoms with Gasteiger partial charge in [0.25, 0.3) is 0 Å². The van der Waals surface area contributed by atoms with E-state index in [1.807, 2.05) is 26.8 Å². The van der Waals surface area contributed by atoms with Crippen LogP contribution in [0, 0.1) is 12.7 Å².